The monoisotopic (exact) mass is 269 g/mol. The molecule has 1 amide bonds. The average molecular weight is 269 g/mol. The number of amides is 1. The lowest BCUT2D eigenvalue weighted by atomic mass is 9.74. The van der Waals surface area contributed by atoms with Crippen LogP contribution in [0.15, 0.2) is 0 Å². The number of hydrogen-bond donors (Lipinski definition) is 1. The minimum atomic E-state index is -0.735. The van der Waals surface area contributed by atoms with Gasteiger partial charge in [-0.05, 0) is 52.4 Å². The molecule has 1 aliphatic carbocycles. The Hall–Kier alpha value is -1.26. The van der Waals surface area contributed by atoms with Crippen molar-refractivity contribution in [1.82, 2.24) is 4.90 Å². The summed E-state index contributed by atoms with van der Waals surface area (Å²) in [7, 11) is 0. The van der Waals surface area contributed by atoms with Crippen molar-refractivity contribution in [1.29, 1.82) is 0 Å². The predicted octanol–water partition coefficient (Wildman–Crippen LogP) is 2.50. The van der Waals surface area contributed by atoms with Gasteiger partial charge in [-0.2, -0.15) is 0 Å². The maximum Gasteiger partial charge on any atom is 0.410 e. The van der Waals surface area contributed by atoms with Gasteiger partial charge in [0, 0.05) is 12.6 Å². The Morgan fingerprint density at radius 3 is 2.47 bits per heavy atom. The molecular weight excluding hydrogens is 246 g/mol. The second kappa shape index (κ2) is 5.02. The standard InChI is InChI=1S/C14H23NO4/c1-14(2,3)19-13(18)15-5-4-9-6-10(12(16)17)8-11(15)7-9/h9-11H,4-8H2,1-3H3,(H,16,17). The molecule has 1 saturated carbocycles. The Labute approximate surface area is 113 Å². The van der Waals surface area contributed by atoms with Crippen LogP contribution >= 0.6 is 0 Å². The maximum absolute atomic E-state index is 12.1. The highest BCUT2D eigenvalue weighted by atomic mass is 16.6. The van der Waals surface area contributed by atoms with Gasteiger partial charge in [-0.1, -0.05) is 0 Å². The van der Waals surface area contributed by atoms with E-state index in [1.807, 2.05) is 20.8 Å². The van der Waals surface area contributed by atoms with E-state index in [-0.39, 0.29) is 18.1 Å². The number of carbonyl (C=O) groups excluding carboxylic acids is 1. The third-order valence-corrected chi connectivity index (χ3v) is 3.98. The topological polar surface area (TPSA) is 66.8 Å². The lowest BCUT2D eigenvalue weighted by Crippen LogP contribution is -2.51. The fraction of sp³-hybridized carbons (Fsp3) is 0.857. The number of rotatable bonds is 1. The number of aliphatic carboxylic acids is 1. The van der Waals surface area contributed by atoms with Gasteiger partial charge in [0.05, 0.1) is 5.92 Å². The van der Waals surface area contributed by atoms with Crippen molar-refractivity contribution in [2.45, 2.75) is 58.1 Å². The van der Waals surface area contributed by atoms with Gasteiger partial charge in [0.1, 0.15) is 5.60 Å². The molecule has 0 aromatic heterocycles. The number of nitrogens with zero attached hydrogens (tertiary/aromatic N) is 1. The zero-order chi connectivity index (χ0) is 14.2. The molecule has 1 heterocycles. The van der Waals surface area contributed by atoms with Crippen LogP contribution in [0.1, 0.15) is 46.5 Å². The molecule has 5 nitrogen and oxygen atoms in total. The quantitative estimate of drug-likeness (QED) is 0.794. The fourth-order valence-corrected chi connectivity index (χ4v) is 3.16. The van der Waals surface area contributed by atoms with E-state index in [0.29, 0.717) is 18.9 Å². The molecule has 1 saturated heterocycles. The Morgan fingerprint density at radius 1 is 1.21 bits per heavy atom. The molecule has 1 aliphatic heterocycles. The molecule has 19 heavy (non-hydrogen) atoms. The van der Waals surface area contributed by atoms with Gasteiger partial charge in [0.25, 0.3) is 0 Å². The molecule has 0 radical (unpaired) electrons. The Morgan fingerprint density at radius 2 is 1.89 bits per heavy atom. The first-order valence-electron chi connectivity index (χ1n) is 6.98. The lowest BCUT2D eigenvalue weighted by molar-refractivity contribution is -0.145. The van der Waals surface area contributed by atoms with Gasteiger partial charge in [0.15, 0.2) is 0 Å². The summed E-state index contributed by atoms with van der Waals surface area (Å²) < 4.78 is 5.40. The molecule has 2 rings (SSSR count). The van der Waals surface area contributed by atoms with Crippen molar-refractivity contribution >= 4 is 12.1 Å². The van der Waals surface area contributed by atoms with Crippen molar-refractivity contribution in [2.24, 2.45) is 11.8 Å². The molecule has 2 aliphatic rings. The number of ether oxygens (including phenoxy) is 1. The Bertz CT molecular complexity index is 374. The molecule has 3 atom stereocenters. The van der Waals surface area contributed by atoms with Crippen molar-refractivity contribution < 1.29 is 19.4 Å². The van der Waals surface area contributed by atoms with Crippen molar-refractivity contribution in [2.75, 3.05) is 6.54 Å². The first-order chi connectivity index (χ1) is 8.76. The Kier molecular flexibility index (Phi) is 3.74. The van der Waals surface area contributed by atoms with Gasteiger partial charge in [-0.15, -0.1) is 0 Å². The zero-order valence-corrected chi connectivity index (χ0v) is 11.9. The van der Waals surface area contributed by atoms with E-state index in [9.17, 15) is 14.7 Å². The first kappa shape index (κ1) is 14.2. The number of hydrogen-bond acceptors (Lipinski definition) is 3. The summed E-state index contributed by atoms with van der Waals surface area (Å²) in [5.41, 5.74) is -0.505. The van der Waals surface area contributed by atoms with Crippen LogP contribution in [0.5, 0.6) is 0 Å². The molecule has 0 aromatic carbocycles. The molecule has 2 fully saturated rings. The van der Waals surface area contributed by atoms with Gasteiger partial charge in [-0.25, -0.2) is 4.79 Å². The minimum absolute atomic E-state index is 0.0310. The van der Waals surface area contributed by atoms with Gasteiger partial charge < -0.3 is 14.7 Å². The third kappa shape index (κ3) is 3.39. The molecule has 0 aromatic rings. The number of carboxylic acids is 1. The predicted molar refractivity (Wildman–Crippen MR) is 69.8 cm³/mol. The zero-order valence-electron chi connectivity index (χ0n) is 11.9. The summed E-state index contributed by atoms with van der Waals surface area (Å²) in [6.07, 6.45) is 2.82. The van der Waals surface area contributed by atoms with E-state index in [1.54, 1.807) is 4.90 Å². The van der Waals surface area contributed by atoms with Gasteiger partial charge in [-0.3, -0.25) is 4.79 Å². The summed E-state index contributed by atoms with van der Waals surface area (Å²) in [5.74, 6) is -0.603. The van der Waals surface area contributed by atoms with Crippen LogP contribution in [0.3, 0.4) is 0 Å². The summed E-state index contributed by atoms with van der Waals surface area (Å²) in [6, 6.07) is 0.0310. The highest BCUT2D eigenvalue weighted by molar-refractivity contribution is 5.71. The number of carbonyl (C=O) groups is 2. The average Bonchev–Trinajstić information content (AvgIpc) is 2.25. The third-order valence-electron chi connectivity index (χ3n) is 3.98. The van der Waals surface area contributed by atoms with E-state index in [1.165, 1.54) is 0 Å². The molecule has 108 valence electrons. The van der Waals surface area contributed by atoms with E-state index in [4.69, 9.17) is 4.74 Å². The molecule has 1 N–H and O–H groups in total. The van der Waals surface area contributed by atoms with Crippen LogP contribution in [0.25, 0.3) is 0 Å². The van der Waals surface area contributed by atoms with Crippen molar-refractivity contribution in [3.63, 3.8) is 0 Å². The minimum Gasteiger partial charge on any atom is -0.481 e. The first-order valence-corrected chi connectivity index (χ1v) is 6.98. The highest BCUT2D eigenvalue weighted by Gasteiger charge is 2.41. The number of fused-ring (bicyclic) bond motifs is 2. The van der Waals surface area contributed by atoms with E-state index in [0.717, 1.165) is 19.3 Å². The number of carboxylic acid groups (broad SMARTS) is 1. The summed E-state index contributed by atoms with van der Waals surface area (Å²) in [4.78, 5) is 25.0. The Balaban J connectivity index is 2.03. The largest absolute Gasteiger partial charge is 0.481 e. The second-order valence-corrected chi connectivity index (χ2v) is 6.72. The SMILES string of the molecule is CC(C)(C)OC(=O)N1CCC2CC(C(=O)O)CC1C2. The molecule has 5 heteroatoms. The van der Waals surface area contributed by atoms with Crippen LogP contribution in [0, 0.1) is 11.8 Å². The molecular formula is C14H23NO4. The normalized spacial score (nSPS) is 30.9. The molecule has 0 spiro atoms. The van der Waals surface area contributed by atoms with Crippen LogP contribution in [0.4, 0.5) is 4.79 Å². The molecule has 3 unspecified atom stereocenters. The van der Waals surface area contributed by atoms with Crippen LogP contribution in [-0.4, -0.2) is 40.3 Å². The van der Waals surface area contributed by atoms with E-state index in [2.05, 4.69) is 0 Å². The van der Waals surface area contributed by atoms with Gasteiger partial charge >= 0.3 is 12.1 Å². The smallest absolute Gasteiger partial charge is 0.410 e. The summed E-state index contributed by atoms with van der Waals surface area (Å²) in [5, 5.41) is 9.17. The number of piperidine rings is 1. The summed E-state index contributed by atoms with van der Waals surface area (Å²) in [6.45, 7) is 6.23. The van der Waals surface area contributed by atoms with Gasteiger partial charge in [0.2, 0.25) is 0 Å². The van der Waals surface area contributed by atoms with Crippen LogP contribution < -0.4 is 0 Å². The van der Waals surface area contributed by atoms with Crippen LogP contribution in [0.2, 0.25) is 0 Å². The summed E-state index contributed by atoms with van der Waals surface area (Å²) >= 11 is 0. The number of likely N-dealkylation sites (tertiary alicyclic amines) is 1. The maximum atomic E-state index is 12.1. The van der Waals surface area contributed by atoms with E-state index >= 15 is 0 Å². The highest BCUT2D eigenvalue weighted by Crippen LogP contribution is 2.38. The molecule has 2 bridgehead atoms. The lowest BCUT2D eigenvalue weighted by Gasteiger charge is -2.44. The van der Waals surface area contributed by atoms with E-state index < -0.39 is 11.6 Å². The van der Waals surface area contributed by atoms with Crippen LogP contribution in [-0.2, 0) is 9.53 Å². The van der Waals surface area contributed by atoms with Crippen molar-refractivity contribution in [3.8, 4) is 0 Å². The second-order valence-electron chi connectivity index (χ2n) is 6.72. The fourth-order valence-electron chi connectivity index (χ4n) is 3.16. The van der Waals surface area contributed by atoms with Crippen molar-refractivity contribution in [3.05, 3.63) is 0 Å².